The van der Waals surface area contributed by atoms with Crippen molar-refractivity contribution in [3.05, 3.63) is 48.3 Å². The lowest BCUT2D eigenvalue weighted by molar-refractivity contribution is -0.124. The van der Waals surface area contributed by atoms with Gasteiger partial charge in [0.05, 0.1) is 5.69 Å². The lowest BCUT2D eigenvalue weighted by Crippen LogP contribution is -2.29. The van der Waals surface area contributed by atoms with E-state index in [9.17, 15) is 9.59 Å². The fourth-order valence-electron chi connectivity index (χ4n) is 1.42. The molecule has 0 aliphatic carbocycles. The number of rotatable bonds is 5. The van der Waals surface area contributed by atoms with Gasteiger partial charge in [0.15, 0.2) is 6.61 Å². The van der Waals surface area contributed by atoms with Crippen molar-refractivity contribution >= 4 is 11.8 Å². The fourth-order valence-corrected chi connectivity index (χ4v) is 1.42. The van der Waals surface area contributed by atoms with Gasteiger partial charge in [0.2, 0.25) is 5.91 Å². The Balaban J connectivity index is 1.98. The summed E-state index contributed by atoms with van der Waals surface area (Å²) in [4.78, 5) is 26.7. The summed E-state index contributed by atoms with van der Waals surface area (Å²) < 4.78 is 1.67. The van der Waals surface area contributed by atoms with Crippen molar-refractivity contribution in [2.45, 2.75) is 0 Å². The van der Waals surface area contributed by atoms with Gasteiger partial charge in [0, 0.05) is 18.0 Å². The van der Waals surface area contributed by atoms with Crippen LogP contribution in [0.25, 0.3) is 5.69 Å². The Morgan fingerprint density at radius 2 is 2.05 bits per heavy atom. The Morgan fingerprint density at radius 3 is 2.63 bits per heavy atom. The van der Waals surface area contributed by atoms with Crippen LogP contribution >= 0.6 is 0 Å². The molecule has 0 spiro atoms. The van der Waals surface area contributed by atoms with Gasteiger partial charge in [-0.3, -0.25) is 14.4 Å². The van der Waals surface area contributed by atoms with E-state index in [1.807, 2.05) is 0 Å². The van der Waals surface area contributed by atoms with Crippen LogP contribution in [0.15, 0.2) is 42.7 Å². The first-order valence-corrected chi connectivity index (χ1v) is 5.47. The normalized spacial score (nSPS) is 10.1. The van der Waals surface area contributed by atoms with Crippen LogP contribution in [0, 0.1) is 0 Å². The molecule has 1 aromatic heterocycles. The van der Waals surface area contributed by atoms with E-state index in [0.29, 0.717) is 5.56 Å². The monoisotopic (exact) mass is 260 g/mol. The van der Waals surface area contributed by atoms with Gasteiger partial charge in [-0.15, -0.1) is 0 Å². The average molecular weight is 260 g/mol. The van der Waals surface area contributed by atoms with Crippen molar-refractivity contribution in [3.8, 4) is 5.69 Å². The SMILES string of the molecule is NC(=O)CONC(=O)c1ccc(-n2cccn2)cc1. The number of carbonyl (C=O) groups excluding carboxylic acids is 2. The van der Waals surface area contributed by atoms with Gasteiger partial charge < -0.3 is 5.73 Å². The van der Waals surface area contributed by atoms with E-state index in [0.717, 1.165) is 5.69 Å². The number of hydroxylamine groups is 1. The Morgan fingerprint density at radius 1 is 1.32 bits per heavy atom. The molecular formula is C12H12N4O3. The van der Waals surface area contributed by atoms with Crippen LogP contribution in [0.5, 0.6) is 0 Å². The van der Waals surface area contributed by atoms with E-state index in [2.05, 4.69) is 15.4 Å². The predicted octanol–water partition coefficient (Wildman–Crippen LogP) is 0.0190. The highest BCUT2D eigenvalue weighted by atomic mass is 16.7. The molecule has 0 aliphatic rings. The molecule has 2 amide bonds. The molecule has 0 saturated carbocycles. The smallest absolute Gasteiger partial charge is 0.274 e. The summed E-state index contributed by atoms with van der Waals surface area (Å²) in [6.07, 6.45) is 3.46. The second-order valence-corrected chi connectivity index (χ2v) is 3.68. The molecule has 1 aromatic carbocycles. The molecule has 2 aromatic rings. The van der Waals surface area contributed by atoms with Crippen molar-refractivity contribution in [1.82, 2.24) is 15.3 Å². The second-order valence-electron chi connectivity index (χ2n) is 3.68. The van der Waals surface area contributed by atoms with Crippen LogP contribution in [0.4, 0.5) is 0 Å². The summed E-state index contributed by atoms with van der Waals surface area (Å²) >= 11 is 0. The van der Waals surface area contributed by atoms with Crippen LogP contribution in [0.2, 0.25) is 0 Å². The molecule has 19 heavy (non-hydrogen) atoms. The van der Waals surface area contributed by atoms with Crippen LogP contribution in [-0.2, 0) is 9.63 Å². The van der Waals surface area contributed by atoms with E-state index in [1.165, 1.54) is 0 Å². The van der Waals surface area contributed by atoms with E-state index in [1.54, 1.807) is 47.4 Å². The molecular weight excluding hydrogens is 248 g/mol. The van der Waals surface area contributed by atoms with E-state index < -0.39 is 11.8 Å². The summed E-state index contributed by atoms with van der Waals surface area (Å²) in [5, 5.41) is 4.07. The number of nitrogens with two attached hydrogens (primary N) is 1. The molecule has 0 unspecified atom stereocenters. The maximum atomic E-state index is 11.6. The van der Waals surface area contributed by atoms with Gasteiger partial charge in [-0.05, 0) is 30.3 Å². The maximum Gasteiger partial charge on any atom is 0.274 e. The molecule has 7 heteroatoms. The number of nitrogens with one attached hydrogen (secondary N) is 1. The lowest BCUT2D eigenvalue weighted by Gasteiger charge is -2.05. The summed E-state index contributed by atoms with van der Waals surface area (Å²) in [7, 11) is 0. The van der Waals surface area contributed by atoms with Gasteiger partial charge in [-0.1, -0.05) is 0 Å². The van der Waals surface area contributed by atoms with Crippen molar-refractivity contribution < 1.29 is 14.4 Å². The molecule has 0 atom stereocenters. The second kappa shape index (κ2) is 5.78. The molecule has 2 rings (SSSR count). The molecule has 7 nitrogen and oxygen atoms in total. The zero-order chi connectivity index (χ0) is 13.7. The molecule has 0 fully saturated rings. The number of aromatic nitrogens is 2. The molecule has 98 valence electrons. The van der Waals surface area contributed by atoms with Crippen LogP contribution in [0.3, 0.4) is 0 Å². The maximum absolute atomic E-state index is 11.6. The lowest BCUT2D eigenvalue weighted by atomic mass is 10.2. The zero-order valence-electron chi connectivity index (χ0n) is 9.95. The highest BCUT2D eigenvalue weighted by Gasteiger charge is 2.06. The van der Waals surface area contributed by atoms with E-state index in [-0.39, 0.29) is 6.61 Å². The number of carbonyl (C=O) groups is 2. The van der Waals surface area contributed by atoms with Gasteiger partial charge in [0.25, 0.3) is 5.91 Å². The predicted molar refractivity (Wildman–Crippen MR) is 66.2 cm³/mol. The summed E-state index contributed by atoms with van der Waals surface area (Å²) in [6.45, 7) is -0.364. The van der Waals surface area contributed by atoms with Crippen LogP contribution in [-0.4, -0.2) is 28.2 Å². The minimum atomic E-state index is -0.658. The number of benzene rings is 1. The Hall–Kier alpha value is -2.67. The third-order valence-corrected chi connectivity index (χ3v) is 2.28. The van der Waals surface area contributed by atoms with Crippen molar-refractivity contribution in [1.29, 1.82) is 0 Å². The van der Waals surface area contributed by atoms with Gasteiger partial charge in [-0.2, -0.15) is 5.10 Å². The van der Waals surface area contributed by atoms with E-state index >= 15 is 0 Å². The molecule has 3 N–H and O–H groups in total. The molecule has 0 radical (unpaired) electrons. The summed E-state index contributed by atoms with van der Waals surface area (Å²) in [5.74, 6) is -1.11. The quantitative estimate of drug-likeness (QED) is 0.740. The summed E-state index contributed by atoms with van der Waals surface area (Å²) in [5.41, 5.74) is 8.22. The fraction of sp³-hybridized carbons (Fsp3) is 0.0833. The third-order valence-electron chi connectivity index (χ3n) is 2.28. The highest BCUT2D eigenvalue weighted by molar-refractivity contribution is 5.93. The largest absolute Gasteiger partial charge is 0.368 e. The first-order chi connectivity index (χ1) is 9.16. The zero-order valence-corrected chi connectivity index (χ0v) is 9.95. The number of hydrogen-bond acceptors (Lipinski definition) is 4. The number of hydrogen-bond donors (Lipinski definition) is 2. The highest BCUT2D eigenvalue weighted by Crippen LogP contribution is 2.08. The molecule has 0 aliphatic heterocycles. The Labute approximate surface area is 108 Å². The minimum Gasteiger partial charge on any atom is -0.368 e. The Bertz CT molecular complexity index is 563. The number of primary amides is 1. The topological polar surface area (TPSA) is 99.2 Å². The minimum absolute atomic E-state index is 0.364. The molecule has 0 bridgehead atoms. The third kappa shape index (κ3) is 3.39. The van der Waals surface area contributed by atoms with Crippen molar-refractivity contribution in [3.63, 3.8) is 0 Å². The number of amides is 2. The first kappa shape index (κ1) is 12.8. The molecule has 1 heterocycles. The Kier molecular flexibility index (Phi) is 3.89. The van der Waals surface area contributed by atoms with Crippen LogP contribution < -0.4 is 11.2 Å². The summed E-state index contributed by atoms with van der Waals surface area (Å²) in [6, 6.07) is 8.55. The van der Waals surface area contributed by atoms with Crippen molar-refractivity contribution in [2.75, 3.05) is 6.61 Å². The van der Waals surface area contributed by atoms with Crippen molar-refractivity contribution in [2.24, 2.45) is 5.73 Å². The van der Waals surface area contributed by atoms with E-state index in [4.69, 9.17) is 5.73 Å². The first-order valence-electron chi connectivity index (χ1n) is 5.47. The standard InChI is InChI=1S/C12H12N4O3/c13-11(17)8-19-15-12(18)9-2-4-10(5-3-9)16-7-1-6-14-16/h1-7H,8H2,(H2,13,17)(H,15,18). The van der Waals surface area contributed by atoms with Gasteiger partial charge in [0.1, 0.15) is 0 Å². The van der Waals surface area contributed by atoms with Gasteiger partial charge in [-0.25, -0.2) is 10.2 Å². The van der Waals surface area contributed by atoms with Gasteiger partial charge >= 0.3 is 0 Å². The average Bonchev–Trinajstić information content (AvgIpc) is 2.92. The molecule has 0 saturated heterocycles. The number of nitrogens with zero attached hydrogens (tertiary/aromatic N) is 2. The van der Waals surface area contributed by atoms with Crippen LogP contribution in [0.1, 0.15) is 10.4 Å².